The van der Waals surface area contributed by atoms with E-state index in [2.05, 4.69) is 29.1 Å². The molecule has 1 saturated carbocycles. The zero-order chi connectivity index (χ0) is 12.8. The molecule has 106 valence electrons. The minimum Gasteiger partial charge on any atom is -0.313 e. The van der Waals surface area contributed by atoms with Gasteiger partial charge in [-0.1, -0.05) is 6.92 Å². The Morgan fingerprint density at radius 1 is 1.17 bits per heavy atom. The van der Waals surface area contributed by atoms with Crippen molar-refractivity contribution >= 4 is 0 Å². The molecule has 0 radical (unpaired) electrons. The van der Waals surface area contributed by atoms with Gasteiger partial charge in [-0.25, -0.2) is 0 Å². The zero-order valence-electron chi connectivity index (χ0n) is 12.3. The summed E-state index contributed by atoms with van der Waals surface area (Å²) in [6.07, 6.45) is 8.22. The second-order valence-corrected chi connectivity index (χ2v) is 6.14. The molecule has 0 spiro atoms. The van der Waals surface area contributed by atoms with Crippen LogP contribution < -0.4 is 5.32 Å². The number of likely N-dealkylation sites (N-methyl/N-ethyl adjacent to an activating group) is 1. The summed E-state index contributed by atoms with van der Waals surface area (Å²) >= 11 is 0. The van der Waals surface area contributed by atoms with E-state index in [0.717, 1.165) is 12.1 Å². The van der Waals surface area contributed by atoms with Gasteiger partial charge < -0.3 is 15.1 Å². The van der Waals surface area contributed by atoms with Crippen LogP contribution in [0.15, 0.2) is 0 Å². The molecular weight excluding hydrogens is 222 g/mol. The Morgan fingerprint density at radius 3 is 2.72 bits per heavy atom. The van der Waals surface area contributed by atoms with Crippen LogP contribution in [0.5, 0.6) is 0 Å². The molecule has 2 fully saturated rings. The Balaban J connectivity index is 1.57. The van der Waals surface area contributed by atoms with Gasteiger partial charge >= 0.3 is 0 Å². The molecule has 1 N–H and O–H groups in total. The summed E-state index contributed by atoms with van der Waals surface area (Å²) in [5, 5.41) is 3.77. The van der Waals surface area contributed by atoms with E-state index in [-0.39, 0.29) is 0 Å². The summed E-state index contributed by atoms with van der Waals surface area (Å²) in [6, 6.07) is 1.67. The van der Waals surface area contributed by atoms with Crippen LogP contribution in [0, 0.1) is 0 Å². The lowest BCUT2D eigenvalue weighted by Crippen LogP contribution is -2.37. The molecular formula is C15H31N3. The molecule has 0 amide bonds. The summed E-state index contributed by atoms with van der Waals surface area (Å²) in [5.74, 6) is 0. The molecule has 3 heteroatoms. The van der Waals surface area contributed by atoms with Crippen LogP contribution in [0.1, 0.15) is 45.4 Å². The van der Waals surface area contributed by atoms with Crippen LogP contribution in [-0.2, 0) is 0 Å². The SMILES string of the molecule is CCCN1CCCC(NCCN(C)C2CC2)CC1. The zero-order valence-corrected chi connectivity index (χ0v) is 12.3. The summed E-state index contributed by atoms with van der Waals surface area (Å²) in [4.78, 5) is 5.16. The molecule has 1 unspecified atom stereocenters. The fourth-order valence-electron chi connectivity index (χ4n) is 3.04. The lowest BCUT2D eigenvalue weighted by atomic mass is 10.1. The highest BCUT2D eigenvalue weighted by Crippen LogP contribution is 2.24. The van der Waals surface area contributed by atoms with Gasteiger partial charge in [-0.3, -0.25) is 0 Å². The van der Waals surface area contributed by atoms with Gasteiger partial charge in [0.2, 0.25) is 0 Å². The summed E-state index contributed by atoms with van der Waals surface area (Å²) < 4.78 is 0. The second kappa shape index (κ2) is 7.46. The third-order valence-corrected chi connectivity index (χ3v) is 4.43. The van der Waals surface area contributed by atoms with E-state index in [0.29, 0.717) is 0 Å². The standard InChI is InChI=1S/C15H31N3/c1-3-10-18-11-4-5-14(8-12-18)16-9-13-17(2)15-6-7-15/h14-16H,3-13H2,1-2H3. The van der Waals surface area contributed by atoms with Gasteiger partial charge in [0.25, 0.3) is 0 Å². The lowest BCUT2D eigenvalue weighted by Gasteiger charge is -2.21. The van der Waals surface area contributed by atoms with Gasteiger partial charge in [-0.15, -0.1) is 0 Å². The maximum Gasteiger partial charge on any atom is 0.0107 e. The predicted octanol–water partition coefficient (Wildman–Crippen LogP) is 1.93. The molecule has 2 rings (SSSR count). The van der Waals surface area contributed by atoms with Crippen LogP contribution in [0.2, 0.25) is 0 Å². The molecule has 0 aromatic carbocycles. The highest BCUT2D eigenvalue weighted by molar-refractivity contribution is 4.83. The number of nitrogens with one attached hydrogen (secondary N) is 1. The fourth-order valence-corrected chi connectivity index (χ4v) is 3.04. The summed E-state index contributed by atoms with van der Waals surface area (Å²) in [6.45, 7) is 8.58. The quantitative estimate of drug-likeness (QED) is 0.748. The second-order valence-electron chi connectivity index (χ2n) is 6.14. The highest BCUT2D eigenvalue weighted by Gasteiger charge is 2.25. The molecule has 1 heterocycles. The van der Waals surface area contributed by atoms with Crippen molar-refractivity contribution < 1.29 is 0 Å². The highest BCUT2D eigenvalue weighted by atomic mass is 15.2. The third-order valence-electron chi connectivity index (χ3n) is 4.43. The topological polar surface area (TPSA) is 18.5 Å². The Bertz CT molecular complexity index is 228. The molecule has 1 saturated heterocycles. The molecule has 18 heavy (non-hydrogen) atoms. The fraction of sp³-hybridized carbons (Fsp3) is 1.00. The van der Waals surface area contributed by atoms with Crippen LogP contribution in [-0.4, -0.2) is 61.7 Å². The Morgan fingerprint density at radius 2 is 2.00 bits per heavy atom. The van der Waals surface area contributed by atoms with Crippen LogP contribution in [0.3, 0.4) is 0 Å². The smallest absolute Gasteiger partial charge is 0.0107 e. The van der Waals surface area contributed by atoms with Crippen molar-refractivity contribution in [2.45, 2.75) is 57.5 Å². The van der Waals surface area contributed by atoms with E-state index in [1.54, 1.807) is 0 Å². The number of hydrogen-bond acceptors (Lipinski definition) is 3. The normalized spacial score (nSPS) is 26.5. The first kappa shape index (κ1) is 14.3. The maximum absolute atomic E-state index is 3.77. The summed E-state index contributed by atoms with van der Waals surface area (Å²) in [5.41, 5.74) is 0. The van der Waals surface area contributed by atoms with Gasteiger partial charge in [0.1, 0.15) is 0 Å². The maximum atomic E-state index is 3.77. The Kier molecular flexibility index (Phi) is 5.93. The van der Waals surface area contributed by atoms with Crippen molar-refractivity contribution in [3.05, 3.63) is 0 Å². The van der Waals surface area contributed by atoms with Crippen molar-refractivity contribution in [1.29, 1.82) is 0 Å². The van der Waals surface area contributed by atoms with Crippen molar-refractivity contribution in [3.63, 3.8) is 0 Å². The van der Waals surface area contributed by atoms with E-state index in [1.165, 1.54) is 71.2 Å². The van der Waals surface area contributed by atoms with Crippen molar-refractivity contribution in [3.8, 4) is 0 Å². The number of hydrogen-bond donors (Lipinski definition) is 1. The van der Waals surface area contributed by atoms with Gasteiger partial charge in [-0.05, 0) is 65.2 Å². The first-order chi connectivity index (χ1) is 8.79. The lowest BCUT2D eigenvalue weighted by molar-refractivity contribution is 0.280. The van der Waals surface area contributed by atoms with E-state index in [4.69, 9.17) is 0 Å². The van der Waals surface area contributed by atoms with Gasteiger partial charge in [0.05, 0.1) is 0 Å². The first-order valence-corrected chi connectivity index (χ1v) is 7.95. The van der Waals surface area contributed by atoms with E-state index < -0.39 is 0 Å². The average Bonchev–Trinajstić information content (AvgIpc) is 3.17. The minimum atomic E-state index is 0.763. The van der Waals surface area contributed by atoms with Gasteiger partial charge in [0.15, 0.2) is 0 Å². The van der Waals surface area contributed by atoms with Crippen molar-refractivity contribution in [2.75, 3.05) is 39.8 Å². The van der Waals surface area contributed by atoms with Crippen LogP contribution >= 0.6 is 0 Å². The molecule has 1 aliphatic carbocycles. The van der Waals surface area contributed by atoms with Crippen LogP contribution in [0.25, 0.3) is 0 Å². The van der Waals surface area contributed by atoms with E-state index in [1.807, 2.05) is 0 Å². The van der Waals surface area contributed by atoms with Crippen molar-refractivity contribution in [1.82, 2.24) is 15.1 Å². The molecule has 0 bridgehead atoms. The van der Waals surface area contributed by atoms with Crippen LogP contribution in [0.4, 0.5) is 0 Å². The van der Waals surface area contributed by atoms with E-state index in [9.17, 15) is 0 Å². The largest absolute Gasteiger partial charge is 0.313 e. The minimum absolute atomic E-state index is 0.763. The Labute approximate surface area is 113 Å². The predicted molar refractivity (Wildman–Crippen MR) is 78.0 cm³/mol. The first-order valence-electron chi connectivity index (χ1n) is 7.95. The van der Waals surface area contributed by atoms with E-state index >= 15 is 0 Å². The molecule has 0 aromatic rings. The molecule has 1 atom stereocenters. The van der Waals surface area contributed by atoms with Gasteiger partial charge in [0, 0.05) is 25.2 Å². The average molecular weight is 253 g/mol. The number of rotatable bonds is 7. The number of nitrogens with zero attached hydrogens (tertiary/aromatic N) is 2. The third kappa shape index (κ3) is 4.87. The Hall–Kier alpha value is -0.120. The summed E-state index contributed by atoms with van der Waals surface area (Å²) in [7, 11) is 2.27. The molecule has 1 aliphatic heterocycles. The van der Waals surface area contributed by atoms with Gasteiger partial charge in [-0.2, -0.15) is 0 Å². The number of likely N-dealkylation sites (tertiary alicyclic amines) is 1. The monoisotopic (exact) mass is 253 g/mol. The molecule has 2 aliphatic rings. The molecule has 3 nitrogen and oxygen atoms in total. The van der Waals surface area contributed by atoms with Crippen molar-refractivity contribution in [2.24, 2.45) is 0 Å². The molecule has 0 aromatic heterocycles.